The molecule has 0 aromatic heterocycles. The quantitative estimate of drug-likeness (QED) is 0.462. The molecule has 0 aliphatic carbocycles. The van der Waals surface area contributed by atoms with Gasteiger partial charge in [-0.3, -0.25) is 0 Å². The molecule has 2 aromatic rings. The van der Waals surface area contributed by atoms with Crippen LogP contribution in [0, 0.1) is 0 Å². The summed E-state index contributed by atoms with van der Waals surface area (Å²) in [6, 6.07) is 13.6. The van der Waals surface area contributed by atoms with Crippen molar-refractivity contribution < 1.29 is 19.1 Å². The van der Waals surface area contributed by atoms with Crippen LogP contribution in [0.4, 0.5) is 0 Å². The molecule has 6 heteroatoms. The van der Waals surface area contributed by atoms with Crippen LogP contribution in [0.15, 0.2) is 71.4 Å². The van der Waals surface area contributed by atoms with E-state index in [0.29, 0.717) is 21.9 Å². The lowest BCUT2D eigenvalue weighted by molar-refractivity contribution is -0.130. The Kier molecular flexibility index (Phi) is 5.29. The van der Waals surface area contributed by atoms with Crippen molar-refractivity contribution in [3.8, 4) is 5.75 Å². The number of halogens is 1. The number of nitrogens with zero attached hydrogens (tertiary/aromatic N) is 1. The van der Waals surface area contributed by atoms with E-state index < -0.39 is 11.9 Å². The molecule has 26 heavy (non-hydrogen) atoms. The number of allylic oxidation sites excluding steroid dienone is 1. The van der Waals surface area contributed by atoms with Crippen molar-refractivity contribution in [2.45, 2.75) is 6.92 Å². The monoisotopic (exact) mass is 367 g/mol. The third-order valence-electron chi connectivity index (χ3n) is 3.44. The molecule has 0 N–H and O–H groups in total. The summed E-state index contributed by atoms with van der Waals surface area (Å²) in [5, 5.41) is 0.575. The van der Waals surface area contributed by atoms with Gasteiger partial charge < -0.3 is 9.47 Å². The first kappa shape index (κ1) is 17.6. The Morgan fingerprint density at radius 3 is 2.62 bits per heavy atom. The lowest BCUT2D eigenvalue weighted by Gasteiger charge is -2.05. The molecule has 0 atom stereocenters. The Hall–Kier alpha value is -3.18. The van der Waals surface area contributed by atoms with Crippen LogP contribution in [0.25, 0.3) is 6.08 Å². The Labute approximate surface area is 155 Å². The number of carbonyl (C=O) groups is 2. The highest BCUT2D eigenvalue weighted by Gasteiger charge is 2.24. The fourth-order valence-electron chi connectivity index (χ4n) is 2.24. The fraction of sp³-hybridized carbons (Fsp3) is 0.0500. The highest BCUT2D eigenvalue weighted by molar-refractivity contribution is 6.30. The molecule has 0 radical (unpaired) electrons. The molecule has 2 aromatic carbocycles. The number of hydrogen-bond acceptors (Lipinski definition) is 5. The average Bonchev–Trinajstić information content (AvgIpc) is 2.98. The minimum Gasteiger partial charge on any atom is -0.423 e. The van der Waals surface area contributed by atoms with Crippen LogP contribution in [-0.2, 0) is 14.3 Å². The number of benzene rings is 2. The Bertz CT molecular complexity index is 943. The Balaban J connectivity index is 1.91. The average molecular weight is 368 g/mol. The van der Waals surface area contributed by atoms with Crippen molar-refractivity contribution in [1.29, 1.82) is 0 Å². The van der Waals surface area contributed by atoms with E-state index in [4.69, 9.17) is 21.1 Å². The highest BCUT2D eigenvalue weighted by Crippen LogP contribution is 2.25. The first-order valence-electron chi connectivity index (χ1n) is 7.79. The van der Waals surface area contributed by atoms with Crippen molar-refractivity contribution >= 4 is 35.5 Å². The molecule has 130 valence electrons. The molecular formula is C20H14ClNO4. The number of rotatable bonds is 4. The molecule has 0 spiro atoms. The van der Waals surface area contributed by atoms with Crippen LogP contribution >= 0.6 is 11.6 Å². The topological polar surface area (TPSA) is 65.0 Å². The number of carbonyl (C=O) groups excluding carboxylic acids is 2. The van der Waals surface area contributed by atoms with E-state index in [2.05, 4.69) is 4.99 Å². The zero-order valence-electron chi connectivity index (χ0n) is 13.8. The minimum absolute atomic E-state index is 0.115. The van der Waals surface area contributed by atoms with Gasteiger partial charge in [0.05, 0.1) is 0 Å². The molecule has 0 bridgehead atoms. The zero-order valence-corrected chi connectivity index (χ0v) is 14.6. The van der Waals surface area contributed by atoms with Gasteiger partial charge in [-0.05, 0) is 43.3 Å². The Morgan fingerprint density at radius 2 is 1.88 bits per heavy atom. The van der Waals surface area contributed by atoms with Crippen LogP contribution < -0.4 is 4.74 Å². The maximum Gasteiger partial charge on any atom is 0.363 e. The SMILES string of the molecule is C/C=C/C(=O)Oc1ccccc1/C=C1/N=C(c2ccc(Cl)cc2)OC1=O. The van der Waals surface area contributed by atoms with Crippen molar-refractivity contribution in [2.24, 2.45) is 4.99 Å². The van der Waals surface area contributed by atoms with Gasteiger partial charge in [0.2, 0.25) is 5.90 Å². The number of para-hydroxylation sites is 1. The van der Waals surface area contributed by atoms with E-state index in [1.807, 2.05) is 0 Å². The molecule has 0 amide bonds. The third-order valence-corrected chi connectivity index (χ3v) is 3.69. The number of hydrogen-bond donors (Lipinski definition) is 0. The van der Waals surface area contributed by atoms with Crippen molar-refractivity contribution in [3.63, 3.8) is 0 Å². The van der Waals surface area contributed by atoms with Gasteiger partial charge in [0.1, 0.15) is 5.75 Å². The molecule has 5 nitrogen and oxygen atoms in total. The van der Waals surface area contributed by atoms with Crippen LogP contribution in [0.1, 0.15) is 18.1 Å². The number of ether oxygens (including phenoxy) is 2. The van der Waals surface area contributed by atoms with Gasteiger partial charge in [0.15, 0.2) is 5.70 Å². The predicted octanol–water partition coefficient (Wildman–Crippen LogP) is 4.17. The molecule has 1 aliphatic rings. The molecule has 1 heterocycles. The number of esters is 2. The van der Waals surface area contributed by atoms with E-state index in [9.17, 15) is 9.59 Å². The van der Waals surface area contributed by atoms with Crippen LogP contribution in [0.3, 0.4) is 0 Å². The largest absolute Gasteiger partial charge is 0.423 e. The summed E-state index contributed by atoms with van der Waals surface area (Å²) in [6.07, 6.45) is 4.41. The third kappa shape index (κ3) is 4.07. The number of aliphatic imine (C=N–C) groups is 1. The summed E-state index contributed by atoms with van der Waals surface area (Å²) in [7, 11) is 0. The van der Waals surface area contributed by atoms with Gasteiger partial charge in [-0.15, -0.1) is 0 Å². The lowest BCUT2D eigenvalue weighted by Crippen LogP contribution is -2.06. The summed E-state index contributed by atoms with van der Waals surface area (Å²) in [5.74, 6) is -0.561. The van der Waals surface area contributed by atoms with E-state index in [0.717, 1.165) is 0 Å². The summed E-state index contributed by atoms with van der Waals surface area (Å²) in [5.41, 5.74) is 1.29. The molecule has 0 saturated heterocycles. The maximum atomic E-state index is 12.1. The van der Waals surface area contributed by atoms with Crippen molar-refractivity contribution in [3.05, 3.63) is 82.5 Å². The molecular weight excluding hydrogens is 354 g/mol. The smallest absolute Gasteiger partial charge is 0.363 e. The predicted molar refractivity (Wildman–Crippen MR) is 98.9 cm³/mol. The summed E-state index contributed by atoms with van der Waals surface area (Å²) >= 11 is 5.86. The summed E-state index contributed by atoms with van der Waals surface area (Å²) in [4.78, 5) is 28.0. The standard InChI is InChI=1S/C20H14ClNO4/c1-2-5-18(23)25-17-7-4-3-6-14(17)12-16-20(24)26-19(22-16)13-8-10-15(21)11-9-13/h2-12H,1H3/b5-2+,16-12+. The molecule has 0 unspecified atom stereocenters. The van der Waals surface area contributed by atoms with Gasteiger partial charge in [0, 0.05) is 22.2 Å². The second-order valence-electron chi connectivity index (χ2n) is 5.30. The normalized spacial score (nSPS) is 15.2. The van der Waals surface area contributed by atoms with Gasteiger partial charge in [0.25, 0.3) is 0 Å². The summed E-state index contributed by atoms with van der Waals surface area (Å²) in [6.45, 7) is 1.72. The van der Waals surface area contributed by atoms with Gasteiger partial charge >= 0.3 is 11.9 Å². The van der Waals surface area contributed by atoms with Crippen LogP contribution in [0.5, 0.6) is 5.75 Å². The van der Waals surface area contributed by atoms with Gasteiger partial charge in [-0.1, -0.05) is 35.9 Å². The maximum absolute atomic E-state index is 12.1. The van der Waals surface area contributed by atoms with Crippen LogP contribution in [0.2, 0.25) is 5.02 Å². The first-order chi connectivity index (χ1) is 12.6. The molecule has 3 rings (SSSR count). The molecule has 0 saturated carbocycles. The van der Waals surface area contributed by atoms with E-state index in [1.54, 1.807) is 61.5 Å². The van der Waals surface area contributed by atoms with Gasteiger partial charge in [-0.2, -0.15) is 0 Å². The summed E-state index contributed by atoms with van der Waals surface area (Å²) < 4.78 is 10.5. The first-order valence-corrected chi connectivity index (χ1v) is 8.16. The van der Waals surface area contributed by atoms with Crippen molar-refractivity contribution in [1.82, 2.24) is 0 Å². The molecule has 0 fully saturated rings. The van der Waals surface area contributed by atoms with E-state index in [-0.39, 0.29) is 11.6 Å². The molecule has 1 aliphatic heterocycles. The van der Waals surface area contributed by atoms with Gasteiger partial charge in [-0.25, -0.2) is 14.6 Å². The van der Waals surface area contributed by atoms with Crippen LogP contribution in [-0.4, -0.2) is 17.8 Å². The fourth-order valence-corrected chi connectivity index (χ4v) is 2.37. The number of cyclic esters (lactones) is 1. The minimum atomic E-state index is -0.579. The van der Waals surface area contributed by atoms with E-state index >= 15 is 0 Å². The van der Waals surface area contributed by atoms with Crippen molar-refractivity contribution in [2.75, 3.05) is 0 Å². The van der Waals surface area contributed by atoms with E-state index in [1.165, 1.54) is 12.2 Å². The second-order valence-corrected chi connectivity index (χ2v) is 5.74. The Morgan fingerprint density at radius 1 is 1.15 bits per heavy atom. The second kappa shape index (κ2) is 7.80. The lowest BCUT2D eigenvalue weighted by atomic mass is 10.1. The highest BCUT2D eigenvalue weighted by atomic mass is 35.5. The zero-order chi connectivity index (χ0) is 18.5.